The molecular formula is C13H20N4O. The fourth-order valence-electron chi connectivity index (χ4n) is 2.32. The maximum Gasteiger partial charge on any atom is 0.250 e. The number of piperazine rings is 1. The highest BCUT2D eigenvalue weighted by molar-refractivity contribution is 5.99. The van der Waals surface area contributed by atoms with E-state index < -0.39 is 5.91 Å². The molecule has 0 unspecified atom stereocenters. The van der Waals surface area contributed by atoms with Gasteiger partial charge in [0.15, 0.2) is 0 Å². The molecule has 1 aromatic carbocycles. The summed E-state index contributed by atoms with van der Waals surface area (Å²) in [7, 11) is 0. The van der Waals surface area contributed by atoms with E-state index in [1.54, 1.807) is 12.1 Å². The first-order valence-corrected chi connectivity index (χ1v) is 6.28. The molecule has 1 saturated heterocycles. The van der Waals surface area contributed by atoms with E-state index in [0.717, 1.165) is 38.4 Å². The molecule has 2 rings (SSSR count). The van der Waals surface area contributed by atoms with Gasteiger partial charge in [-0.15, -0.1) is 0 Å². The van der Waals surface area contributed by atoms with Crippen molar-refractivity contribution in [3.63, 3.8) is 0 Å². The summed E-state index contributed by atoms with van der Waals surface area (Å²) in [6.07, 6.45) is 0. The van der Waals surface area contributed by atoms with Crippen LogP contribution in [0, 0.1) is 0 Å². The SMILES string of the molecule is CCN1CCN(c2cc(N)ccc2C(N)=O)CC1. The van der Waals surface area contributed by atoms with Crippen molar-refractivity contribution in [3.05, 3.63) is 23.8 Å². The average Bonchev–Trinajstić information content (AvgIpc) is 2.38. The maximum absolute atomic E-state index is 11.4. The topological polar surface area (TPSA) is 75.6 Å². The largest absolute Gasteiger partial charge is 0.399 e. The van der Waals surface area contributed by atoms with Crippen molar-refractivity contribution in [2.45, 2.75) is 6.92 Å². The Morgan fingerprint density at radius 2 is 1.94 bits per heavy atom. The molecule has 1 aliphatic heterocycles. The lowest BCUT2D eigenvalue weighted by Crippen LogP contribution is -2.46. The fourth-order valence-corrected chi connectivity index (χ4v) is 2.32. The van der Waals surface area contributed by atoms with Gasteiger partial charge in [0.05, 0.1) is 11.3 Å². The fraction of sp³-hybridized carbons (Fsp3) is 0.462. The molecule has 4 N–H and O–H groups in total. The summed E-state index contributed by atoms with van der Waals surface area (Å²) in [6.45, 7) is 7.03. The number of likely N-dealkylation sites (N-methyl/N-ethyl adjacent to an activating group) is 1. The monoisotopic (exact) mass is 248 g/mol. The predicted molar refractivity (Wildman–Crippen MR) is 73.7 cm³/mol. The zero-order chi connectivity index (χ0) is 13.1. The average molecular weight is 248 g/mol. The van der Waals surface area contributed by atoms with E-state index >= 15 is 0 Å². The Bertz CT molecular complexity index is 439. The molecule has 0 aromatic heterocycles. The minimum Gasteiger partial charge on any atom is -0.399 e. The maximum atomic E-state index is 11.4. The smallest absolute Gasteiger partial charge is 0.250 e. The van der Waals surface area contributed by atoms with Gasteiger partial charge in [-0.2, -0.15) is 0 Å². The van der Waals surface area contributed by atoms with Crippen molar-refractivity contribution in [1.29, 1.82) is 0 Å². The van der Waals surface area contributed by atoms with Gasteiger partial charge in [-0.05, 0) is 24.7 Å². The summed E-state index contributed by atoms with van der Waals surface area (Å²) in [4.78, 5) is 16.0. The first kappa shape index (κ1) is 12.7. The molecule has 1 aromatic rings. The molecular weight excluding hydrogens is 228 g/mol. The summed E-state index contributed by atoms with van der Waals surface area (Å²) in [5.74, 6) is -0.400. The summed E-state index contributed by atoms with van der Waals surface area (Å²) < 4.78 is 0. The number of nitrogens with zero attached hydrogens (tertiary/aromatic N) is 2. The second-order valence-corrected chi connectivity index (χ2v) is 4.56. The molecule has 5 heteroatoms. The third kappa shape index (κ3) is 2.56. The molecule has 1 heterocycles. The molecule has 1 aliphatic rings. The van der Waals surface area contributed by atoms with Crippen LogP contribution in [0.3, 0.4) is 0 Å². The van der Waals surface area contributed by atoms with Crippen molar-refractivity contribution in [3.8, 4) is 0 Å². The molecule has 0 saturated carbocycles. The number of anilines is 2. The Balaban J connectivity index is 2.22. The first-order chi connectivity index (χ1) is 8.61. The zero-order valence-corrected chi connectivity index (χ0v) is 10.7. The number of hydrogen-bond acceptors (Lipinski definition) is 4. The van der Waals surface area contributed by atoms with Crippen LogP contribution >= 0.6 is 0 Å². The summed E-state index contributed by atoms with van der Waals surface area (Å²) in [6, 6.07) is 5.26. The van der Waals surface area contributed by atoms with E-state index in [1.807, 2.05) is 6.07 Å². The second kappa shape index (κ2) is 5.27. The number of benzene rings is 1. The van der Waals surface area contributed by atoms with E-state index in [4.69, 9.17) is 11.5 Å². The van der Waals surface area contributed by atoms with Crippen molar-refractivity contribution < 1.29 is 4.79 Å². The quantitative estimate of drug-likeness (QED) is 0.764. The van der Waals surface area contributed by atoms with Crippen molar-refractivity contribution in [2.75, 3.05) is 43.4 Å². The number of primary amides is 1. The van der Waals surface area contributed by atoms with Gasteiger partial charge in [0.1, 0.15) is 0 Å². The van der Waals surface area contributed by atoms with Crippen molar-refractivity contribution in [1.82, 2.24) is 4.90 Å². The lowest BCUT2D eigenvalue weighted by atomic mass is 10.1. The lowest BCUT2D eigenvalue weighted by molar-refractivity contribution is 0.100. The molecule has 0 aliphatic carbocycles. The van der Waals surface area contributed by atoms with Crippen molar-refractivity contribution >= 4 is 17.3 Å². The minimum atomic E-state index is -0.400. The van der Waals surface area contributed by atoms with Gasteiger partial charge in [0.2, 0.25) is 0 Å². The van der Waals surface area contributed by atoms with Crippen LogP contribution in [0.15, 0.2) is 18.2 Å². The molecule has 0 atom stereocenters. The molecule has 98 valence electrons. The third-order valence-corrected chi connectivity index (χ3v) is 3.45. The zero-order valence-electron chi connectivity index (χ0n) is 10.7. The van der Waals surface area contributed by atoms with E-state index in [0.29, 0.717) is 11.3 Å². The van der Waals surface area contributed by atoms with E-state index in [1.165, 1.54) is 0 Å². The van der Waals surface area contributed by atoms with Crippen LogP contribution in [0.25, 0.3) is 0 Å². The normalized spacial score (nSPS) is 16.8. The predicted octanol–water partition coefficient (Wildman–Crippen LogP) is 0.510. The van der Waals surface area contributed by atoms with E-state index in [9.17, 15) is 4.79 Å². The van der Waals surface area contributed by atoms with Gasteiger partial charge < -0.3 is 21.3 Å². The Morgan fingerprint density at radius 1 is 1.28 bits per heavy atom. The van der Waals surface area contributed by atoms with Crippen LogP contribution in [-0.4, -0.2) is 43.5 Å². The standard InChI is InChI=1S/C13H20N4O/c1-2-16-5-7-17(8-6-16)12-9-10(14)3-4-11(12)13(15)18/h3-4,9H,2,5-8,14H2,1H3,(H2,15,18). The van der Waals surface area contributed by atoms with Crippen LogP contribution in [0.5, 0.6) is 0 Å². The Morgan fingerprint density at radius 3 is 2.50 bits per heavy atom. The van der Waals surface area contributed by atoms with Gasteiger partial charge in [0.25, 0.3) is 5.91 Å². The summed E-state index contributed by atoms with van der Waals surface area (Å²) in [5, 5.41) is 0. The van der Waals surface area contributed by atoms with E-state index in [-0.39, 0.29) is 0 Å². The van der Waals surface area contributed by atoms with Gasteiger partial charge in [-0.1, -0.05) is 6.92 Å². The van der Waals surface area contributed by atoms with Crippen LogP contribution in [0.1, 0.15) is 17.3 Å². The first-order valence-electron chi connectivity index (χ1n) is 6.28. The molecule has 0 spiro atoms. The number of carbonyl (C=O) groups excluding carboxylic acids is 1. The molecule has 1 amide bonds. The van der Waals surface area contributed by atoms with Crippen LogP contribution in [-0.2, 0) is 0 Å². The molecule has 1 fully saturated rings. The van der Waals surface area contributed by atoms with E-state index in [2.05, 4.69) is 16.7 Å². The highest BCUT2D eigenvalue weighted by atomic mass is 16.1. The number of nitrogens with two attached hydrogens (primary N) is 2. The molecule has 18 heavy (non-hydrogen) atoms. The Kier molecular flexibility index (Phi) is 3.72. The minimum absolute atomic E-state index is 0.400. The molecule has 0 bridgehead atoms. The van der Waals surface area contributed by atoms with Gasteiger partial charge >= 0.3 is 0 Å². The van der Waals surface area contributed by atoms with Gasteiger partial charge in [-0.3, -0.25) is 4.79 Å². The van der Waals surface area contributed by atoms with Gasteiger partial charge in [-0.25, -0.2) is 0 Å². The highest BCUT2D eigenvalue weighted by Gasteiger charge is 2.20. The second-order valence-electron chi connectivity index (χ2n) is 4.56. The van der Waals surface area contributed by atoms with Crippen LogP contribution in [0.4, 0.5) is 11.4 Å². The molecule has 0 radical (unpaired) electrons. The lowest BCUT2D eigenvalue weighted by Gasteiger charge is -2.36. The Hall–Kier alpha value is -1.75. The van der Waals surface area contributed by atoms with Crippen LogP contribution in [0.2, 0.25) is 0 Å². The summed E-state index contributed by atoms with van der Waals surface area (Å²) >= 11 is 0. The third-order valence-electron chi connectivity index (χ3n) is 3.45. The number of amides is 1. The number of nitrogen functional groups attached to an aromatic ring is 1. The molecule has 5 nitrogen and oxygen atoms in total. The number of hydrogen-bond donors (Lipinski definition) is 2. The highest BCUT2D eigenvalue weighted by Crippen LogP contribution is 2.24. The van der Waals surface area contributed by atoms with Crippen LogP contribution < -0.4 is 16.4 Å². The van der Waals surface area contributed by atoms with Gasteiger partial charge in [0, 0.05) is 31.9 Å². The Labute approximate surface area is 107 Å². The number of rotatable bonds is 3. The number of carbonyl (C=O) groups is 1. The van der Waals surface area contributed by atoms with Crippen molar-refractivity contribution in [2.24, 2.45) is 5.73 Å². The summed E-state index contributed by atoms with van der Waals surface area (Å²) in [5.41, 5.74) is 13.3.